The van der Waals surface area contributed by atoms with Crippen molar-refractivity contribution in [3.63, 3.8) is 0 Å². The number of nitrogens with one attached hydrogen (secondary N) is 1. The highest BCUT2D eigenvalue weighted by atomic mass is 16.5. The Morgan fingerprint density at radius 3 is 2.89 bits per heavy atom. The number of hydrogen-bond donors (Lipinski definition) is 1. The third-order valence-electron chi connectivity index (χ3n) is 4.27. The summed E-state index contributed by atoms with van der Waals surface area (Å²) < 4.78 is 5.26. The molecule has 3 nitrogen and oxygen atoms in total. The highest BCUT2D eigenvalue weighted by molar-refractivity contribution is 5.26. The van der Waals surface area contributed by atoms with Crippen LogP contribution in [0.25, 0.3) is 0 Å². The first-order valence-electron chi connectivity index (χ1n) is 6.94. The van der Waals surface area contributed by atoms with E-state index in [1.807, 2.05) is 13.2 Å². The Hall–Kier alpha value is -1.09. The van der Waals surface area contributed by atoms with Crippen molar-refractivity contribution in [3.8, 4) is 5.75 Å². The number of nitrogens with zero attached hydrogens (tertiary/aromatic N) is 1. The van der Waals surface area contributed by atoms with Crippen LogP contribution in [0.1, 0.15) is 44.2 Å². The summed E-state index contributed by atoms with van der Waals surface area (Å²) in [5.74, 6) is 2.48. The summed E-state index contributed by atoms with van der Waals surface area (Å²) >= 11 is 0. The van der Waals surface area contributed by atoms with E-state index in [1.165, 1.54) is 31.2 Å². The highest BCUT2D eigenvalue weighted by Crippen LogP contribution is 2.40. The van der Waals surface area contributed by atoms with Crippen LogP contribution in [0.3, 0.4) is 0 Å². The van der Waals surface area contributed by atoms with E-state index < -0.39 is 0 Å². The molecule has 3 unspecified atom stereocenters. The van der Waals surface area contributed by atoms with Gasteiger partial charge < -0.3 is 10.1 Å². The van der Waals surface area contributed by atoms with Crippen LogP contribution in [-0.4, -0.2) is 19.1 Å². The normalized spacial score (nSPS) is 25.1. The molecule has 0 bridgehead atoms. The van der Waals surface area contributed by atoms with Gasteiger partial charge in [-0.15, -0.1) is 0 Å². The molecule has 100 valence electrons. The minimum Gasteiger partial charge on any atom is -0.495 e. The maximum atomic E-state index is 5.26. The summed E-state index contributed by atoms with van der Waals surface area (Å²) in [6.07, 6.45) is 9.06. The Kier molecular flexibility index (Phi) is 4.59. The van der Waals surface area contributed by atoms with Crippen molar-refractivity contribution in [1.82, 2.24) is 10.3 Å². The van der Waals surface area contributed by atoms with E-state index in [0.29, 0.717) is 6.04 Å². The molecule has 1 aromatic heterocycles. The molecule has 0 radical (unpaired) electrons. The Labute approximate surface area is 110 Å². The van der Waals surface area contributed by atoms with Gasteiger partial charge in [0.15, 0.2) is 0 Å². The van der Waals surface area contributed by atoms with E-state index in [0.717, 1.165) is 17.6 Å². The van der Waals surface area contributed by atoms with Crippen molar-refractivity contribution in [2.45, 2.75) is 38.6 Å². The van der Waals surface area contributed by atoms with Gasteiger partial charge in [-0.05, 0) is 43.4 Å². The van der Waals surface area contributed by atoms with Gasteiger partial charge in [-0.3, -0.25) is 4.98 Å². The van der Waals surface area contributed by atoms with Gasteiger partial charge in [-0.25, -0.2) is 0 Å². The van der Waals surface area contributed by atoms with Crippen molar-refractivity contribution < 1.29 is 4.74 Å². The summed E-state index contributed by atoms with van der Waals surface area (Å²) in [6, 6.07) is 2.51. The minimum atomic E-state index is 0.407. The van der Waals surface area contributed by atoms with Crippen molar-refractivity contribution in [3.05, 3.63) is 24.0 Å². The first kappa shape index (κ1) is 13.3. The first-order chi connectivity index (χ1) is 8.78. The highest BCUT2D eigenvalue weighted by Gasteiger charge is 2.30. The van der Waals surface area contributed by atoms with E-state index in [2.05, 4.69) is 23.3 Å². The second kappa shape index (κ2) is 6.19. The minimum absolute atomic E-state index is 0.407. The third-order valence-corrected chi connectivity index (χ3v) is 4.27. The van der Waals surface area contributed by atoms with Crippen molar-refractivity contribution in [1.29, 1.82) is 0 Å². The van der Waals surface area contributed by atoms with Crippen LogP contribution < -0.4 is 10.1 Å². The molecule has 2 rings (SSSR count). The number of rotatable bonds is 5. The molecule has 0 saturated heterocycles. The molecule has 0 aromatic carbocycles. The molecule has 3 atom stereocenters. The lowest BCUT2D eigenvalue weighted by atomic mass is 9.91. The Morgan fingerprint density at radius 1 is 1.44 bits per heavy atom. The smallest absolute Gasteiger partial charge is 0.137 e. The van der Waals surface area contributed by atoms with E-state index >= 15 is 0 Å². The summed E-state index contributed by atoms with van der Waals surface area (Å²) in [6.45, 7) is 2.30. The second-order valence-electron chi connectivity index (χ2n) is 5.27. The number of pyridine rings is 1. The number of hydrogen-bond acceptors (Lipinski definition) is 3. The number of methoxy groups -OCH3 is 1. The molecule has 0 spiro atoms. The molecule has 1 aliphatic carbocycles. The van der Waals surface area contributed by atoms with Gasteiger partial charge in [-0.1, -0.05) is 19.8 Å². The van der Waals surface area contributed by atoms with Crippen molar-refractivity contribution >= 4 is 0 Å². The maximum absolute atomic E-state index is 5.26. The van der Waals surface area contributed by atoms with Gasteiger partial charge >= 0.3 is 0 Å². The fraction of sp³-hybridized carbons (Fsp3) is 0.667. The topological polar surface area (TPSA) is 34.2 Å². The summed E-state index contributed by atoms with van der Waals surface area (Å²) in [5.41, 5.74) is 1.25. The molecule has 18 heavy (non-hydrogen) atoms. The molecule has 3 heteroatoms. The maximum Gasteiger partial charge on any atom is 0.137 e. The van der Waals surface area contributed by atoms with Gasteiger partial charge in [0.05, 0.1) is 13.3 Å². The van der Waals surface area contributed by atoms with Crippen LogP contribution in [0.5, 0.6) is 5.75 Å². The predicted octanol–water partition coefficient (Wildman–Crippen LogP) is 3.18. The molecule has 1 fully saturated rings. The van der Waals surface area contributed by atoms with E-state index in [-0.39, 0.29) is 0 Å². The van der Waals surface area contributed by atoms with Gasteiger partial charge in [0, 0.05) is 12.2 Å². The Bertz CT molecular complexity index is 381. The Morgan fingerprint density at radius 2 is 2.28 bits per heavy atom. The molecule has 1 aliphatic rings. The van der Waals surface area contributed by atoms with Crippen LogP contribution in [0, 0.1) is 11.8 Å². The van der Waals surface area contributed by atoms with Gasteiger partial charge in [-0.2, -0.15) is 0 Å². The predicted molar refractivity (Wildman–Crippen MR) is 73.7 cm³/mol. The average molecular weight is 248 g/mol. The van der Waals surface area contributed by atoms with Crippen LogP contribution >= 0.6 is 0 Å². The largest absolute Gasteiger partial charge is 0.495 e. The van der Waals surface area contributed by atoms with Crippen molar-refractivity contribution in [2.75, 3.05) is 14.2 Å². The van der Waals surface area contributed by atoms with Crippen LogP contribution in [-0.2, 0) is 0 Å². The monoisotopic (exact) mass is 248 g/mol. The fourth-order valence-electron chi connectivity index (χ4n) is 3.18. The zero-order chi connectivity index (χ0) is 13.0. The molecule has 0 amide bonds. The lowest BCUT2D eigenvalue weighted by Gasteiger charge is -2.23. The molecular formula is C15H24N2O. The fourth-order valence-corrected chi connectivity index (χ4v) is 3.18. The zero-order valence-electron chi connectivity index (χ0n) is 11.6. The SMILES string of the molecule is CCC1CCC(C(NC)c2cncc(OC)c2)C1. The summed E-state index contributed by atoms with van der Waals surface area (Å²) in [5, 5.41) is 3.46. The van der Waals surface area contributed by atoms with E-state index in [1.54, 1.807) is 13.3 Å². The number of ether oxygens (including phenoxy) is 1. The number of aromatic nitrogens is 1. The Balaban J connectivity index is 2.12. The second-order valence-corrected chi connectivity index (χ2v) is 5.27. The quantitative estimate of drug-likeness (QED) is 0.869. The van der Waals surface area contributed by atoms with Crippen molar-refractivity contribution in [2.24, 2.45) is 11.8 Å². The van der Waals surface area contributed by atoms with Gasteiger partial charge in [0.25, 0.3) is 0 Å². The molecule has 1 heterocycles. The molecular weight excluding hydrogens is 224 g/mol. The first-order valence-corrected chi connectivity index (χ1v) is 6.94. The van der Waals surface area contributed by atoms with Crippen LogP contribution in [0.2, 0.25) is 0 Å². The summed E-state index contributed by atoms with van der Waals surface area (Å²) in [4.78, 5) is 4.27. The average Bonchev–Trinajstić information content (AvgIpc) is 2.88. The third kappa shape index (κ3) is 2.83. The molecule has 1 saturated carbocycles. The molecule has 1 aromatic rings. The van der Waals surface area contributed by atoms with Gasteiger partial charge in [0.2, 0.25) is 0 Å². The van der Waals surface area contributed by atoms with E-state index in [4.69, 9.17) is 4.74 Å². The summed E-state index contributed by atoms with van der Waals surface area (Å²) in [7, 11) is 3.74. The zero-order valence-corrected chi connectivity index (χ0v) is 11.6. The van der Waals surface area contributed by atoms with Crippen LogP contribution in [0.4, 0.5) is 0 Å². The van der Waals surface area contributed by atoms with E-state index in [9.17, 15) is 0 Å². The lowest BCUT2D eigenvalue weighted by molar-refractivity contribution is 0.368. The lowest BCUT2D eigenvalue weighted by Crippen LogP contribution is -2.24. The molecule has 0 aliphatic heterocycles. The standard InChI is InChI=1S/C15H24N2O/c1-4-11-5-6-12(7-11)15(16-2)13-8-14(18-3)10-17-9-13/h8-12,15-16H,4-7H2,1-3H3. The molecule has 1 N–H and O–H groups in total. The van der Waals surface area contributed by atoms with Gasteiger partial charge in [0.1, 0.15) is 5.75 Å². The van der Waals surface area contributed by atoms with Crippen LogP contribution in [0.15, 0.2) is 18.5 Å².